The molecule has 1 aromatic rings. The second-order valence-corrected chi connectivity index (χ2v) is 4.82. The van der Waals surface area contributed by atoms with Gasteiger partial charge >= 0.3 is 0 Å². The van der Waals surface area contributed by atoms with Crippen LogP contribution in [-0.4, -0.2) is 43.7 Å². The lowest BCUT2D eigenvalue weighted by molar-refractivity contribution is 0.0691. The van der Waals surface area contributed by atoms with Crippen LogP contribution in [0, 0.1) is 3.95 Å². The van der Waals surface area contributed by atoms with E-state index in [9.17, 15) is 0 Å². The van der Waals surface area contributed by atoms with Crippen LogP contribution in [0.1, 0.15) is 12.8 Å². The molecule has 1 rings (SSSR count). The quantitative estimate of drug-likeness (QED) is 0.527. The summed E-state index contributed by atoms with van der Waals surface area (Å²) in [5, 5.41) is 10.8. The number of hydrogen-bond acceptors (Lipinski definition) is 6. The molecule has 1 heterocycles. The summed E-state index contributed by atoms with van der Waals surface area (Å²) in [7, 11) is 1.67. The van der Waals surface area contributed by atoms with Gasteiger partial charge in [0.1, 0.15) is 0 Å². The minimum absolute atomic E-state index is 0.662. The van der Waals surface area contributed by atoms with E-state index in [0.717, 1.165) is 31.1 Å². The van der Waals surface area contributed by atoms with Crippen molar-refractivity contribution in [2.24, 2.45) is 0 Å². The maximum Gasteiger partial charge on any atom is 0.204 e. The van der Waals surface area contributed by atoms with Gasteiger partial charge in [-0.3, -0.25) is 5.10 Å². The number of nitrogens with one attached hydrogen (secondary N) is 2. The SMILES string of the molecule is COCCOCCCCNc1n[nH]c(=S)s1. The molecule has 0 saturated heterocycles. The summed E-state index contributed by atoms with van der Waals surface area (Å²) in [6.45, 7) is 3.00. The highest BCUT2D eigenvalue weighted by Gasteiger charge is 1.95. The summed E-state index contributed by atoms with van der Waals surface area (Å²) in [5.41, 5.74) is 0. The van der Waals surface area contributed by atoms with Crippen molar-refractivity contribution in [1.82, 2.24) is 10.2 Å². The van der Waals surface area contributed by atoms with Crippen LogP contribution < -0.4 is 5.32 Å². The van der Waals surface area contributed by atoms with E-state index in [1.165, 1.54) is 11.3 Å². The molecule has 2 N–H and O–H groups in total. The second-order valence-electron chi connectivity index (χ2n) is 3.16. The molecule has 16 heavy (non-hydrogen) atoms. The molecule has 0 atom stereocenters. The van der Waals surface area contributed by atoms with E-state index in [0.29, 0.717) is 17.2 Å². The third-order valence-corrected chi connectivity index (χ3v) is 2.91. The Morgan fingerprint density at radius 2 is 2.25 bits per heavy atom. The first-order valence-electron chi connectivity index (χ1n) is 5.19. The highest BCUT2D eigenvalue weighted by atomic mass is 32.1. The zero-order valence-corrected chi connectivity index (χ0v) is 11.0. The molecule has 0 spiro atoms. The summed E-state index contributed by atoms with van der Waals surface area (Å²) >= 11 is 6.37. The minimum Gasteiger partial charge on any atom is -0.382 e. The summed E-state index contributed by atoms with van der Waals surface area (Å²) in [6.07, 6.45) is 2.09. The normalized spacial score (nSPS) is 10.6. The smallest absolute Gasteiger partial charge is 0.204 e. The molecule has 7 heteroatoms. The molecule has 0 aromatic carbocycles. The maximum atomic E-state index is 5.34. The van der Waals surface area contributed by atoms with E-state index in [4.69, 9.17) is 21.7 Å². The van der Waals surface area contributed by atoms with Gasteiger partial charge in [0, 0.05) is 20.3 Å². The lowest BCUT2D eigenvalue weighted by Crippen LogP contribution is -2.06. The molecular weight excluding hydrogens is 246 g/mol. The van der Waals surface area contributed by atoms with Crippen molar-refractivity contribution in [3.05, 3.63) is 3.95 Å². The summed E-state index contributed by atoms with van der Waals surface area (Å²) in [6, 6.07) is 0. The van der Waals surface area contributed by atoms with Crippen LogP contribution in [0.15, 0.2) is 0 Å². The Balaban J connectivity index is 1.90. The van der Waals surface area contributed by atoms with E-state index in [1.807, 2.05) is 0 Å². The third kappa shape index (κ3) is 6.16. The zero-order valence-electron chi connectivity index (χ0n) is 9.32. The topological polar surface area (TPSA) is 59.2 Å². The van der Waals surface area contributed by atoms with E-state index < -0.39 is 0 Å². The van der Waals surface area contributed by atoms with Gasteiger partial charge in [-0.1, -0.05) is 11.3 Å². The molecule has 0 unspecified atom stereocenters. The first kappa shape index (κ1) is 13.6. The Hall–Kier alpha value is -0.500. The lowest BCUT2D eigenvalue weighted by atomic mass is 10.3. The summed E-state index contributed by atoms with van der Waals surface area (Å²) < 4.78 is 10.9. The number of aromatic amines is 1. The van der Waals surface area contributed by atoms with E-state index in [2.05, 4.69) is 15.5 Å². The highest BCUT2D eigenvalue weighted by molar-refractivity contribution is 7.73. The molecule has 1 aromatic heterocycles. The molecular formula is C9H17N3O2S2. The zero-order chi connectivity index (χ0) is 11.6. The van der Waals surface area contributed by atoms with E-state index in [1.54, 1.807) is 7.11 Å². The van der Waals surface area contributed by atoms with Crippen LogP contribution in [0.2, 0.25) is 0 Å². The van der Waals surface area contributed by atoms with Crippen LogP contribution >= 0.6 is 23.6 Å². The average molecular weight is 263 g/mol. The molecule has 0 fully saturated rings. The number of anilines is 1. The number of rotatable bonds is 9. The van der Waals surface area contributed by atoms with Crippen LogP contribution in [0.3, 0.4) is 0 Å². The third-order valence-electron chi connectivity index (χ3n) is 1.86. The van der Waals surface area contributed by atoms with Gasteiger partial charge in [-0.15, -0.1) is 5.10 Å². The number of unbranched alkanes of at least 4 members (excludes halogenated alkanes) is 1. The second kappa shape index (κ2) is 8.63. The Morgan fingerprint density at radius 1 is 1.38 bits per heavy atom. The molecule has 5 nitrogen and oxygen atoms in total. The Bertz CT molecular complexity index is 327. The fourth-order valence-electron chi connectivity index (χ4n) is 1.07. The number of H-pyrrole nitrogens is 1. The van der Waals surface area contributed by atoms with Gasteiger partial charge < -0.3 is 14.8 Å². The van der Waals surface area contributed by atoms with Crippen molar-refractivity contribution in [1.29, 1.82) is 0 Å². The van der Waals surface area contributed by atoms with Gasteiger partial charge in [0.2, 0.25) is 5.13 Å². The van der Waals surface area contributed by atoms with Crippen LogP contribution in [-0.2, 0) is 9.47 Å². The fraction of sp³-hybridized carbons (Fsp3) is 0.778. The summed E-state index contributed by atoms with van der Waals surface area (Å²) in [5.74, 6) is 0. The number of nitrogens with zero attached hydrogens (tertiary/aromatic N) is 1. The van der Waals surface area contributed by atoms with Crippen molar-refractivity contribution in [2.75, 3.05) is 38.8 Å². The van der Waals surface area contributed by atoms with Crippen molar-refractivity contribution in [2.45, 2.75) is 12.8 Å². The minimum atomic E-state index is 0.662. The maximum absolute atomic E-state index is 5.34. The molecule has 0 bridgehead atoms. The van der Waals surface area contributed by atoms with Crippen molar-refractivity contribution < 1.29 is 9.47 Å². The van der Waals surface area contributed by atoms with Crippen LogP contribution in [0.25, 0.3) is 0 Å². The molecule has 92 valence electrons. The Morgan fingerprint density at radius 3 is 2.94 bits per heavy atom. The van der Waals surface area contributed by atoms with Crippen LogP contribution in [0.4, 0.5) is 5.13 Å². The van der Waals surface area contributed by atoms with E-state index in [-0.39, 0.29) is 0 Å². The highest BCUT2D eigenvalue weighted by Crippen LogP contribution is 2.10. The molecule has 0 aliphatic heterocycles. The van der Waals surface area contributed by atoms with Crippen molar-refractivity contribution in [3.63, 3.8) is 0 Å². The first-order valence-corrected chi connectivity index (χ1v) is 6.41. The molecule has 0 aliphatic rings. The van der Waals surface area contributed by atoms with E-state index >= 15 is 0 Å². The molecule has 0 aliphatic carbocycles. The lowest BCUT2D eigenvalue weighted by Gasteiger charge is -2.03. The largest absolute Gasteiger partial charge is 0.382 e. The van der Waals surface area contributed by atoms with Gasteiger partial charge in [0.25, 0.3) is 0 Å². The summed E-state index contributed by atoms with van der Waals surface area (Å²) in [4.78, 5) is 0. The number of aromatic nitrogens is 2. The van der Waals surface area contributed by atoms with Gasteiger partial charge in [0.15, 0.2) is 3.95 Å². The monoisotopic (exact) mass is 263 g/mol. The van der Waals surface area contributed by atoms with Gasteiger partial charge in [-0.05, 0) is 25.1 Å². The standard InChI is InChI=1S/C9H17N3O2S2/c1-13-6-7-14-5-3-2-4-10-8-11-12-9(15)16-8/h2-7H2,1H3,(H,10,11)(H,12,15). The van der Waals surface area contributed by atoms with Gasteiger partial charge in [-0.2, -0.15) is 0 Å². The van der Waals surface area contributed by atoms with Gasteiger partial charge in [-0.25, -0.2) is 0 Å². The Kier molecular flexibility index (Phi) is 7.32. The predicted molar refractivity (Wildman–Crippen MR) is 67.7 cm³/mol. The molecule has 0 amide bonds. The predicted octanol–water partition coefficient (Wildman–Crippen LogP) is 2.06. The molecule has 0 saturated carbocycles. The van der Waals surface area contributed by atoms with Crippen molar-refractivity contribution in [3.8, 4) is 0 Å². The van der Waals surface area contributed by atoms with Gasteiger partial charge in [0.05, 0.1) is 13.2 Å². The fourth-order valence-corrected chi connectivity index (χ4v) is 1.89. The number of ether oxygens (including phenoxy) is 2. The molecule has 0 radical (unpaired) electrons. The van der Waals surface area contributed by atoms with Crippen LogP contribution in [0.5, 0.6) is 0 Å². The number of hydrogen-bond donors (Lipinski definition) is 2. The first-order chi connectivity index (χ1) is 7.83. The van der Waals surface area contributed by atoms with Crippen molar-refractivity contribution >= 4 is 28.7 Å². The average Bonchev–Trinajstić information content (AvgIpc) is 2.68. The number of methoxy groups -OCH3 is 1. The Labute approximate surface area is 104 Å².